The molecule has 0 aromatic rings. The minimum Gasteiger partial charge on any atom is -0.462 e. The van der Waals surface area contributed by atoms with Crippen molar-refractivity contribution in [3.63, 3.8) is 0 Å². The zero-order chi connectivity index (χ0) is 67.3. The standard InChI is InChI=1S/C72H136O17P2/c1-8-10-11-12-13-14-15-16-17-18-19-26-33-41-48-55-71(76)88-68(60-83-70(75)54-47-40-35-28-30-37-44-51-64(5)6)62-87-91(80,81)85-58-66(73)57-84-90(78,79)86-61-67(89-72(77)56-49-42-34-27-22-23-29-36-43-50-63(3)4)59-82-69(74)53-46-39-32-25-21-20-24-31-38-45-52-65(7)9-2/h14-17,63-68,73H,8-13,18-62H2,1-7H3,(H,78,79)(H,80,81)/b15-14-,17-16-/t65?,66?,67-,68-/m1/s1. The average molecular weight is 1340 g/mol. The summed E-state index contributed by atoms with van der Waals surface area (Å²) in [5.74, 6) is 0.0889. The maximum absolute atomic E-state index is 13.0. The van der Waals surface area contributed by atoms with Crippen molar-refractivity contribution in [3.05, 3.63) is 24.3 Å². The highest BCUT2D eigenvalue weighted by molar-refractivity contribution is 7.47. The molecule has 0 fully saturated rings. The Labute approximate surface area is 554 Å². The van der Waals surface area contributed by atoms with Gasteiger partial charge in [-0.1, -0.05) is 285 Å². The SMILES string of the molecule is CCCCCC/C=C\C=C/CCCCCCCC(=O)O[C@H](COC(=O)CCCCCCCCCC(C)C)COP(=O)(O)OCC(O)COP(=O)(O)OC[C@@H](COC(=O)CCCCCCCCCCCCC(C)CC)OC(=O)CCCCCCCCCCCC(C)C. The lowest BCUT2D eigenvalue weighted by Gasteiger charge is -2.21. The molecule has 0 spiro atoms. The summed E-state index contributed by atoms with van der Waals surface area (Å²) >= 11 is 0. The molecule has 0 bridgehead atoms. The smallest absolute Gasteiger partial charge is 0.462 e. The van der Waals surface area contributed by atoms with Crippen LogP contribution in [0, 0.1) is 17.8 Å². The van der Waals surface area contributed by atoms with Crippen molar-refractivity contribution in [2.45, 2.75) is 356 Å². The molecule has 19 heteroatoms. The van der Waals surface area contributed by atoms with Gasteiger partial charge in [-0.15, -0.1) is 0 Å². The first kappa shape index (κ1) is 88.5. The Morgan fingerprint density at radius 2 is 0.648 bits per heavy atom. The topological polar surface area (TPSA) is 237 Å². The largest absolute Gasteiger partial charge is 0.472 e. The molecule has 0 radical (unpaired) electrons. The number of rotatable bonds is 68. The quantitative estimate of drug-likeness (QED) is 0.0169. The fraction of sp³-hybridized carbons (Fsp3) is 0.889. The molecule has 91 heavy (non-hydrogen) atoms. The lowest BCUT2D eigenvalue weighted by molar-refractivity contribution is -0.161. The van der Waals surface area contributed by atoms with E-state index in [9.17, 15) is 43.2 Å². The number of carbonyl (C=O) groups excluding carboxylic acids is 4. The summed E-state index contributed by atoms with van der Waals surface area (Å²) in [5.41, 5.74) is 0. The minimum absolute atomic E-state index is 0.0838. The zero-order valence-corrected chi connectivity index (χ0v) is 60.6. The third kappa shape index (κ3) is 64.6. The third-order valence-electron chi connectivity index (χ3n) is 16.4. The molecule has 0 aliphatic carbocycles. The van der Waals surface area contributed by atoms with E-state index in [4.69, 9.17) is 37.0 Å². The molecule has 0 rings (SSSR count). The molecule has 17 nitrogen and oxygen atoms in total. The van der Waals surface area contributed by atoms with E-state index in [0.29, 0.717) is 31.6 Å². The second kappa shape index (κ2) is 62.4. The number of aliphatic hydroxyl groups excluding tert-OH is 1. The van der Waals surface area contributed by atoms with Crippen LogP contribution in [0.5, 0.6) is 0 Å². The number of aliphatic hydroxyl groups is 1. The van der Waals surface area contributed by atoms with Crippen molar-refractivity contribution in [3.8, 4) is 0 Å². The second-order valence-electron chi connectivity index (χ2n) is 26.5. The van der Waals surface area contributed by atoms with Gasteiger partial charge in [0.1, 0.15) is 19.3 Å². The number of carbonyl (C=O) groups is 4. The Balaban J connectivity index is 5.29. The highest BCUT2D eigenvalue weighted by Gasteiger charge is 2.30. The van der Waals surface area contributed by atoms with E-state index in [-0.39, 0.29) is 25.7 Å². The van der Waals surface area contributed by atoms with Gasteiger partial charge in [-0.25, -0.2) is 9.13 Å². The van der Waals surface area contributed by atoms with Gasteiger partial charge in [0, 0.05) is 25.7 Å². The van der Waals surface area contributed by atoms with Gasteiger partial charge in [0.2, 0.25) is 0 Å². The number of esters is 4. The first-order chi connectivity index (χ1) is 43.8. The van der Waals surface area contributed by atoms with Crippen LogP contribution in [-0.4, -0.2) is 96.7 Å². The summed E-state index contributed by atoms with van der Waals surface area (Å²) in [4.78, 5) is 72.6. The predicted molar refractivity (Wildman–Crippen MR) is 367 cm³/mol. The van der Waals surface area contributed by atoms with Gasteiger partial charge in [0.05, 0.1) is 26.4 Å². The van der Waals surface area contributed by atoms with Gasteiger partial charge >= 0.3 is 39.5 Å². The number of hydrogen-bond donors (Lipinski definition) is 3. The minimum atomic E-state index is -4.96. The summed E-state index contributed by atoms with van der Waals surface area (Å²) in [6, 6.07) is 0. The van der Waals surface area contributed by atoms with Crippen LogP contribution in [0.4, 0.5) is 0 Å². The molecule has 6 atom stereocenters. The van der Waals surface area contributed by atoms with Crippen molar-refractivity contribution in [2.75, 3.05) is 39.6 Å². The van der Waals surface area contributed by atoms with Gasteiger partial charge in [0.15, 0.2) is 12.2 Å². The Bertz CT molecular complexity index is 1880. The lowest BCUT2D eigenvalue weighted by atomic mass is 9.99. The molecule has 0 aliphatic heterocycles. The zero-order valence-electron chi connectivity index (χ0n) is 58.8. The summed E-state index contributed by atoms with van der Waals surface area (Å²) < 4.78 is 68.3. The van der Waals surface area contributed by atoms with Crippen molar-refractivity contribution in [2.24, 2.45) is 17.8 Å². The lowest BCUT2D eigenvalue weighted by Crippen LogP contribution is -2.30. The van der Waals surface area contributed by atoms with Crippen molar-refractivity contribution in [1.29, 1.82) is 0 Å². The Morgan fingerprint density at radius 1 is 0.363 bits per heavy atom. The maximum atomic E-state index is 13.0. The first-order valence-electron chi connectivity index (χ1n) is 36.7. The van der Waals surface area contributed by atoms with Crippen LogP contribution >= 0.6 is 15.6 Å². The molecule has 0 heterocycles. The molecule has 536 valence electrons. The van der Waals surface area contributed by atoms with E-state index < -0.39 is 97.5 Å². The Hall–Kier alpha value is -2.46. The molecule has 0 amide bonds. The van der Waals surface area contributed by atoms with Gasteiger partial charge in [-0.2, -0.15) is 0 Å². The molecule has 0 saturated heterocycles. The van der Waals surface area contributed by atoms with Gasteiger partial charge < -0.3 is 33.8 Å². The van der Waals surface area contributed by atoms with Crippen molar-refractivity contribution < 1.29 is 80.2 Å². The summed E-state index contributed by atoms with van der Waals surface area (Å²) in [6.45, 7) is 11.7. The van der Waals surface area contributed by atoms with E-state index in [1.165, 1.54) is 128 Å². The van der Waals surface area contributed by atoms with Gasteiger partial charge in [-0.05, 0) is 69.1 Å². The number of allylic oxidation sites excluding steroid dienone is 4. The van der Waals surface area contributed by atoms with Crippen LogP contribution in [-0.2, 0) is 65.4 Å². The number of hydrogen-bond acceptors (Lipinski definition) is 15. The monoisotopic (exact) mass is 1330 g/mol. The van der Waals surface area contributed by atoms with Crippen molar-refractivity contribution >= 4 is 39.5 Å². The fourth-order valence-corrected chi connectivity index (χ4v) is 11.9. The van der Waals surface area contributed by atoms with E-state index in [1.54, 1.807) is 0 Å². The fourth-order valence-electron chi connectivity index (χ4n) is 10.3. The number of ether oxygens (including phenoxy) is 4. The molecule has 0 aromatic carbocycles. The van der Waals surface area contributed by atoms with Crippen LogP contribution < -0.4 is 0 Å². The molecule has 0 saturated carbocycles. The third-order valence-corrected chi connectivity index (χ3v) is 18.3. The highest BCUT2D eigenvalue weighted by Crippen LogP contribution is 2.45. The summed E-state index contributed by atoms with van der Waals surface area (Å²) in [5, 5.41) is 10.6. The molecule has 0 aliphatic rings. The molecule has 0 aromatic heterocycles. The summed E-state index contributed by atoms with van der Waals surface area (Å²) in [6.07, 6.45) is 49.4. The van der Waals surface area contributed by atoms with Crippen LogP contribution in [0.1, 0.15) is 337 Å². The molecule has 4 unspecified atom stereocenters. The molecular formula is C72H136O17P2. The molecule has 3 N–H and O–H groups in total. The van der Waals surface area contributed by atoms with E-state index in [0.717, 1.165) is 121 Å². The van der Waals surface area contributed by atoms with E-state index in [2.05, 4.69) is 72.8 Å². The van der Waals surface area contributed by atoms with E-state index >= 15 is 0 Å². The van der Waals surface area contributed by atoms with Crippen LogP contribution in [0.2, 0.25) is 0 Å². The predicted octanol–water partition coefficient (Wildman–Crippen LogP) is 20.2. The number of unbranched alkanes of at least 4 members (excludes halogenated alkanes) is 32. The van der Waals surface area contributed by atoms with Crippen LogP contribution in [0.15, 0.2) is 24.3 Å². The number of phosphoric ester groups is 2. The van der Waals surface area contributed by atoms with Crippen LogP contribution in [0.3, 0.4) is 0 Å². The number of phosphoric acid groups is 2. The van der Waals surface area contributed by atoms with Crippen LogP contribution in [0.25, 0.3) is 0 Å². The highest BCUT2D eigenvalue weighted by atomic mass is 31.2. The van der Waals surface area contributed by atoms with E-state index in [1.807, 2.05) is 0 Å². The molecular weight excluding hydrogens is 1200 g/mol. The Morgan fingerprint density at radius 3 is 0.978 bits per heavy atom. The van der Waals surface area contributed by atoms with Crippen molar-refractivity contribution in [1.82, 2.24) is 0 Å². The van der Waals surface area contributed by atoms with Gasteiger partial charge in [-0.3, -0.25) is 37.3 Å². The normalized spacial score (nSPS) is 14.6. The van der Waals surface area contributed by atoms with Gasteiger partial charge in [0.25, 0.3) is 0 Å². The second-order valence-corrected chi connectivity index (χ2v) is 29.4. The first-order valence-corrected chi connectivity index (χ1v) is 39.7. The summed E-state index contributed by atoms with van der Waals surface area (Å²) in [7, 11) is -9.92. The maximum Gasteiger partial charge on any atom is 0.472 e. The Kier molecular flexibility index (Phi) is 60.7. The average Bonchev–Trinajstić information content (AvgIpc) is 3.63.